The number of rotatable bonds is 2. The van der Waals surface area contributed by atoms with E-state index in [2.05, 4.69) is 27.1 Å². The first-order valence-corrected chi connectivity index (χ1v) is 4.54. The lowest BCUT2D eigenvalue weighted by atomic mass is 10.2. The van der Waals surface area contributed by atoms with Gasteiger partial charge in [-0.3, -0.25) is 5.10 Å². The molecule has 0 spiro atoms. The van der Waals surface area contributed by atoms with E-state index in [9.17, 15) is 0 Å². The van der Waals surface area contributed by atoms with Crippen LogP contribution >= 0.6 is 0 Å². The van der Waals surface area contributed by atoms with Crippen molar-refractivity contribution in [3.8, 4) is 0 Å². The Bertz CT molecular complexity index is 418. The molecular formula is C9H12N4. The average Bonchev–Trinajstić information content (AvgIpc) is 2.59. The Labute approximate surface area is 76.4 Å². The van der Waals surface area contributed by atoms with E-state index in [4.69, 9.17) is 0 Å². The monoisotopic (exact) mass is 176 g/mol. The summed E-state index contributed by atoms with van der Waals surface area (Å²) >= 11 is 0. The maximum atomic E-state index is 4.31. The van der Waals surface area contributed by atoms with Gasteiger partial charge in [0, 0.05) is 18.3 Å². The Morgan fingerprint density at radius 1 is 1.31 bits per heavy atom. The van der Waals surface area contributed by atoms with E-state index in [0.29, 0.717) is 0 Å². The van der Waals surface area contributed by atoms with Crippen molar-refractivity contribution in [2.24, 2.45) is 0 Å². The van der Waals surface area contributed by atoms with Gasteiger partial charge in [-0.1, -0.05) is 13.8 Å². The third-order valence-corrected chi connectivity index (χ3v) is 2.11. The number of hydrogen-bond donors (Lipinski definition) is 1. The van der Waals surface area contributed by atoms with E-state index in [1.807, 2.05) is 13.1 Å². The largest absolute Gasteiger partial charge is 0.280 e. The molecule has 0 aliphatic carbocycles. The summed E-state index contributed by atoms with van der Waals surface area (Å²) in [4.78, 5) is 8.54. The molecule has 0 saturated carbocycles. The van der Waals surface area contributed by atoms with Crippen LogP contribution in [0.3, 0.4) is 0 Å². The lowest BCUT2D eigenvalue weighted by Gasteiger charge is -1.94. The molecule has 4 nitrogen and oxygen atoms in total. The lowest BCUT2D eigenvalue weighted by Crippen LogP contribution is -1.91. The molecule has 0 aliphatic rings. The molecule has 0 unspecified atom stereocenters. The van der Waals surface area contributed by atoms with E-state index in [-0.39, 0.29) is 0 Å². The SMILES string of the molecule is CCc1ncc2c(CC)[nH]nc2n1. The van der Waals surface area contributed by atoms with Crippen LogP contribution in [-0.4, -0.2) is 20.2 Å². The van der Waals surface area contributed by atoms with Gasteiger partial charge in [0.1, 0.15) is 5.82 Å². The number of nitrogens with one attached hydrogen (secondary N) is 1. The summed E-state index contributed by atoms with van der Waals surface area (Å²) in [5.41, 5.74) is 1.89. The quantitative estimate of drug-likeness (QED) is 0.754. The van der Waals surface area contributed by atoms with E-state index in [0.717, 1.165) is 35.4 Å². The van der Waals surface area contributed by atoms with E-state index in [1.165, 1.54) is 0 Å². The second kappa shape index (κ2) is 3.12. The maximum Gasteiger partial charge on any atom is 0.184 e. The van der Waals surface area contributed by atoms with Crippen LogP contribution in [0.25, 0.3) is 11.0 Å². The summed E-state index contributed by atoms with van der Waals surface area (Å²) in [6, 6.07) is 0. The summed E-state index contributed by atoms with van der Waals surface area (Å²) in [5.74, 6) is 0.849. The Morgan fingerprint density at radius 2 is 2.15 bits per heavy atom. The first-order chi connectivity index (χ1) is 6.35. The number of hydrogen-bond acceptors (Lipinski definition) is 3. The highest BCUT2D eigenvalue weighted by atomic mass is 15.2. The van der Waals surface area contributed by atoms with Gasteiger partial charge < -0.3 is 0 Å². The van der Waals surface area contributed by atoms with Gasteiger partial charge in [0.25, 0.3) is 0 Å². The number of nitrogens with zero attached hydrogens (tertiary/aromatic N) is 3. The zero-order valence-electron chi connectivity index (χ0n) is 7.83. The molecular weight excluding hydrogens is 164 g/mol. The normalized spacial score (nSPS) is 10.9. The van der Waals surface area contributed by atoms with Crippen molar-refractivity contribution in [2.75, 3.05) is 0 Å². The molecule has 0 aliphatic heterocycles. The molecule has 13 heavy (non-hydrogen) atoms. The molecule has 2 rings (SSSR count). The van der Waals surface area contributed by atoms with Crippen molar-refractivity contribution in [3.05, 3.63) is 17.7 Å². The Hall–Kier alpha value is -1.45. The highest BCUT2D eigenvalue weighted by Gasteiger charge is 2.05. The van der Waals surface area contributed by atoms with Crippen LogP contribution in [0.4, 0.5) is 0 Å². The molecule has 4 heteroatoms. The van der Waals surface area contributed by atoms with E-state index < -0.39 is 0 Å². The zero-order chi connectivity index (χ0) is 9.26. The highest BCUT2D eigenvalue weighted by molar-refractivity contribution is 5.76. The minimum Gasteiger partial charge on any atom is -0.280 e. The molecule has 0 atom stereocenters. The smallest absolute Gasteiger partial charge is 0.184 e. The fourth-order valence-electron chi connectivity index (χ4n) is 1.33. The van der Waals surface area contributed by atoms with E-state index in [1.54, 1.807) is 0 Å². The topological polar surface area (TPSA) is 54.5 Å². The number of aromatic amines is 1. The van der Waals surface area contributed by atoms with E-state index >= 15 is 0 Å². The predicted molar refractivity (Wildman–Crippen MR) is 50.4 cm³/mol. The minimum absolute atomic E-state index is 0.781. The Morgan fingerprint density at radius 3 is 2.85 bits per heavy atom. The Kier molecular flexibility index (Phi) is 1.96. The number of H-pyrrole nitrogens is 1. The molecule has 0 radical (unpaired) electrons. The molecule has 0 amide bonds. The number of aromatic nitrogens is 4. The minimum atomic E-state index is 0.781. The standard InChI is InChI=1S/C9H12N4/c1-3-7-6-5-10-8(4-2)11-9(6)13-12-7/h5H,3-4H2,1-2H3,(H,10,11,12,13). The van der Waals surface area contributed by atoms with Crippen LogP contribution in [0.15, 0.2) is 6.20 Å². The molecule has 2 aromatic rings. The highest BCUT2D eigenvalue weighted by Crippen LogP contribution is 2.12. The summed E-state index contributed by atoms with van der Waals surface area (Å²) in [7, 11) is 0. The van der Waals surface area contributed by atoms with Crippen molar-refractivity contribution in [2.45, 2.75) is 26.7 Å². The van der Waals surface area contributed by atoms with Crippen molar-refractivity contribution in [3.63, 3.8) is 0 Å². The van der Waals surface area contributed by atoms with Crippen molar-refractivity contribution in [1.82, 2.24) is 20.2 Å². The fourth-order valence-corrected chi connectivity index (χ4v) is 1.33. The number of fused-ring (bicyclic) bond motifs is 1. The second-order valence-electron chi connectivity index (χ2n) is 2.93. The van der Waals surface area contributed by atoms with Crippen LogP contribution in [0.2, 0.25) is 0 Å². The van der Waals surface area contributed by atoms with Gasteiger partial charge in [-0.15, -0.1) is 0 Å². The summed E-state index contributed by atoms with van der Waals surface area (Å²) < 4.78 is 0. The van der Waals surface area contributed by atoms with Crippen LogP contribution in [-0.2, 0) is 12.8 Å². The van der Waals surface area contributed by atoms with Gasteiger partial charge in [0.15, 0.2) is 5.65 Å². The van der Waals surface area contributed by atoms with Gasteiger partial charge in [0.2, 0.25) is 0 Å². The van der Waals surface area contributed by atoms with Crippen LogP contribution in [0, 0.1) is 0 Å². The average molecular weight is 176 g/mol. The van der Waals surface area contributed by atoms with Crippen LogP contribution in [0.1, 0.15) is 25.4 Å². The molecule has 0 fully saturated rings. The van der Waals surface area contributed by atoms with Gasteiger partial charge in [-0.25, -0.2) is 9.97 Å². The maximum absolute atomic E-state index is 4.31. The van der Waals surface area contributed by atoms with Gasteiger partial charge >= 0.3 is 0 Å². The van der Waals surface area contributed by atoms with Crippen molar-refractivity contribution >= 4 is 11.0 Å². The molecule has 0 saturated heterocycles. The Balaban J connectivity index is 2.61. The molecule has 2 heterocycles. The first-order valence-electron chi connectivity index (χ1n) is 4.54. The second-order valence-corrected chi connectivity index (χ2v) is 2.93. The summed E-state index contributed by atoms with van der Waals surface area (Å²) in [6.45, 7) is 4.12. The van der Waals surface area contributed by atoms with Gasteiger partial charge in [0.05, 0.1) is 5.39 Å². The summed E-state index contributed by atoms with van der Waals surface area (Å²) in [6.07, 6.45) is 3.64. The molecule has 1 N–H and O–H groups in total. The van der Waals surface area contributed by atoms with Crippen LogP contribution < -0.4 is 0 Å². The van der Waals surface area contributed by atoms with Crippen LogP contribution in [0.5, 0.6) is 0 Å². The van der Waals surface area contributed by atoms with Crippen molar-refractivity contribution < 1.29 is 0 Å². The zero-order valence-corrected chi connectivity index (χ0v) is 7.83. The first kappa shape index (κ1) is 8.16. The summed E-state index contributed by atoms with van der Waals surface area (Å²) in [5, 5.41) is 8.13. The van der Waals surface area contributed by atoms with Gasteiger partial charge in [-0.2, -0.15) is 5.10 Å². The third kappa shape index (κ3) is 1.28. The molecule has 0 bridgehead atoms. The van der Waals surface area contributed by atoms with Gasteiger partial charge in [-0.05, 0) is 6.42 Å². The third-order valence-electron chi connectivity index (χ3n) is 2.11. The fraction of sp³-hybridized carbons (Fsp3) is 0.444. The predicted octanol–water partition coefficient (Wildman–Crippen LogP) is 1.48. The van der Waals surface area contributed by atoms with Crippen molar-refractivity contribution in [1.29, 1.82) is 0 Å². The number of aryl methyl sites for hydroxylation is 2. The molecule has 2 aromatic heterocycles. The molecule has 0 aromatic carbocycles. The lowest BCUT2D eigenvalue weighted by molar-refractivity contribution is 0.947. The molecule has 68 valence electrons.